The highest BCUT2D eigenvalue weighted by Crippen LogP contribution is 2.29. The number of benzene rings is 2. The number of carbonyl (C=O) groups excluding carboxylic acids is 1. The van der Waals surface area contributed by atoms with E-state index in [1.807, 2.05) is 61.2 Å². The summed E-state index contributed by atoms with van der Waals surface area (Å²) in [6.07, 6.45) is 1.89. The van der Waals surface area contributed by atoms with Crippen LogP contribution in [-0.4, -0.2) is 34.1 Å². The fourth-order valence-electron chi connectivity index (χ4n) is 3.68. The van der Waals surface area contributed by atoms with Crippen molar-refractivity contribution in [1.29, 1.82) is 0 Å². The number of hydrogen-bond acceptors (Lipinski definition) is 4. The fraction of sp³-hybridized carbons (Fsp3) is 0.318. The summed E-state index contributed by atoms with van der Waals surface area (Å²) in [5, 5.41) is 8.45. The first kappa shape index (κ1) is 17.5. The Morgan fingerprint density at radius 2 is 1.93 bits per heavy atom. The molecule has 1 aliphatic heterocycles. The summed E-state index contributed by atoms with van der Waals surface area (Å²) in [5.41, 5.74) is 3.87. The second kappa shape index (κ2) is 7.35. The maximum Gasteiger partial charge on any atom is 0.254 e. The van der Waals surface area contributed by atoms with E-state index in [1.165, 1.54) is 5.56 Å². The number of carbonyl (C=O) groups is 1. The summed E-state index contributed by atoms with van der Waals surface area (Å²) in [4.78, 5) is 14.9. The van der Waals surface area contributed by atoms with Crippen molar-refractivity contribution in [2.24, 2.45) is 0 Å². The van der Waals surface area contributed by atoms with Crippen LogP contribution in [0.3, 0.4) is 0 Å². The number of likely N-dealkylation sites (tertiary alicyclic amines) is 1. The summed E-state index contributed by atoms with van der Waals surface area (Å²) in [5.74, 6) is 1.31. The van der Waals surface area contributed by atoms with Crippen molar-refractivity contribution in [3.63, 3.8) is 0 Å². The van der Waals surface area contributed by atoms with E-state index in [-0.39, 0.29) is 11.8 Å². The third kappa shape index (κ3) is 3.63. The molecular formula is C22H23N3O2. The van der Waals surface area contributed by atoms with E-state index in [0.29, 0.717) is 18.3 Å². The molecule has 1 aromatic heterocycles. The van der Waals surface area contributed by atoms with Crippen molar-refractivity contribution in [1.82, 2.24) is 15.1 Å². The molecule has 0 spiro atoms. The smallest absolute Gasteiger partial charge is 0.254 e. The number of hydrogen-bond donors (Lipinski definition) is 0. The van der Waals surface area contributed by atoms with Gasteiger partial charge in [-0.3, -0.25) is 4.79 Å². The zero-order chi connectivity index (χ0) is 18.8. The molecule has 0 aliphatic carbocycles. The maximum atomic E-state index is 13.0. The van der Waals surface area contributed by atoms with Crippen LogP contribution >= 0.6 is 0 Å². The molecule has 4 rings (SSSR count). The minimum atomic E-state index is 0.0819. The largest absolute Gasteiger partial charge is 0.420 e. The number of rotatable bonds is 3. The molecule has 0 N–H and O–H groups in total. The van der Waals surface area contributed by atoms with Crippen LogP contribution in [0.5, 0.6) is 0 Å². The van der Waals surface area contributed by atoms with E-state index in [1.54, 1.807) is 0 Å². The highest BCUT2D eigenvalue weighted by Gasteiger charge is 2.29. The van der Waals surface area contributed by atoms with Gasteiger partial charge in [0.15, 0.2) is 0 Å². The van der Waals surface area contributed by atoms with E-state index in [4.69, 9.17) is 4.42 Å². The number of aryl methyl sites for hydroxylation is 2. The minimum absolute atomic E-state index is 0.0819. The molecule has 2 aromatic carbocycles. The lowest BCUT2D eigenvalue weighted by Crippen LogP contribution is -2.39. The molecule has 3 aromatic rings. The van der Waals surface area contributed by atoms with Gasteiger partial charge in [-0.05, 0) is 50.5 Å². The number of aromatic nitrogens is 2. The van der Waals surface area contributed by atoms with Crippen LogP contribution in [0.2, 0.25) is 0 Å². The Labute approximate surface area is 159 Å². The van der Waals surface area contributed by atoms with Crippen molar-refractivity contribution in [3.05, 3.63) is 71.1 Å². The van der Waals surface area contributed by atoms with E-state index >= 15 is 0 Å². The second-order valence-corrected chi connectivity index (χ2v) is 7.22. The third-order valence-electron chi connectivity index (χ3n) is 5.13. The Kier molecular flexibility index (Phi) is 4.75. The molecular weight excluding hydrogens is 338 g/mol. The second-order valence-electron chi connectivity index (χ2n) is 7.22. The number of piperidine rings is 1. The van der Waals surface area contributed by atoms with Gasteiger partial charge in [0.2, 0.25) is 11.8 Å². The summed E-state index contributed by atoms with van der Waals surface area (Å²) >= 11 is 0. The SMILES string of the molecule is Cc1ccc(C(=O)N2CCC[C@H](c3nnc(-c4ccccc4)o3)C2)c(C)c1. The van der Waals surface area contributed by atoms with Crippen LogP contribution in [0.25, 0.3) is 11.5 Å². The lowest BCUT2D eigenvalue weighted by atomic mass is 9.96. The van der Waals surface area contributed by atoms with Crippen LogP contribution in [0.4, 0.5) is 0 Å². The molecule has 5 nitrogen and oxygen atoms in total. The number of amides is 1. The highest BCUT2D eigenvalue weighted by atomic mass is 16.4. The van der Waals surface area contributed by atoms with Crippen molar-refractivity contribution in [3.8, 4) is 11.5 Å². The standard InChI is InChI=1S/C22H23N3O2/c1-15-10-11-19(16(2)13-15)22(26)25-12-6-9-18(14-25)21-24-23-20(27-21)17-7-4-3-5-8-17/h3-5,7-8,10-11,13,18H,6,9,12,14H2,1-2H3/t18-/m0/s1. The van der Waals surface area contributed by atoms with Gasteiger partial charge >= 0.3 is 0 Å². The van der Waals surface area contributed by atoms with Gasteiger partial charge in [0.1, 0.15) is 0 Å². The molecule has 0 radical (unpaired) electrons. The Hall–Kier alpha value is -2.95. The van der Waals surface area contributed by atoms with E-state index in [2.05, 4.69) is 16.3 Å². The van der Waals surface area contributed by atoms with Crippen LogP contribution in [0.15, 0.2) is 52.9 Å². The molecule has 1 aliphatic rings. The molecule has 1 saturated heterocycles. The predicted octanol–water partition coefficient (Wildman–Crippen LogP) is 4.37. The van der Waals surface area contributed by atoms with E-state index in [9.17, 15) is 4.79 Å². The molecule has 0 bridgehead atoms. The van der Waals surface area contributed by atoms with E-state index in [0.717, 1.165) is 36.1 Å². The Balaban J connectivity index is 1.51. The van der Waals surface area contributed by atoms with Crippen molar-refractivity contribution in [2.75, 3.05) is 13.1 Å². The van der Waals surface area contributed by atoms with Gasteiger partial charge in [-0.25, -0.2) is 0 Å². The summed E-state index contributed by atoms with van der Waals surface area (Å²) < 4.78 is 5.92. The van der Waals surface area contributed by atoms with E-state index < -0.39 is 0 Å². The lowest BCUT2D eigenvalue weighted by Gasteiger charge is -2.31. The van der Waals surface area contributed by atoms with Crippen LogP contribution in [-0.2, 0) is 0 Å². The monoisotopic (exact) mass is 361 g/mol. The minimum Gasteiger partial charge on any atom is -0.420 e. The zero-order valence-corrected chi connectivity index (χ0v) is 15.7. The molecule has 1 fully saturated rings. The summed E-state index contributed by atoms with van der Waals surface area (Å²) in [6.45, 7) is 5.41. The molecule has 5 heteroatoms. The Bertz CT molecular complexity index is 949. The highest BCUT2D eigenvalue weighted by molar-refractivity contribution is 5.95. The van der Waals surface area contributed by atoms with Gasteiger partial charge in [-0.15, -0.1) is 10.2 Å². The predicted molar refractivity (Wildman–Crippen MR) is 104 cm³/mol. The van der Waals surface area contributed by atoms with Gasteiger partial charge in [0.05, 0.1) is 5.92 Å². The van der Waals surface area contributed by atoms with Gasteiger partial charge in [0, 0.05) is 24.2 Å². The molecule has 1 atom stereocenters. The van der Waals surface area contributed by atoms with Gasteiger partial charge in [-0.2, -0.15) is 0 Å². The van der Waals surface area contributed by atoms with Crippen molar-refractivity contribution < 1.29 is 9.21 Å². The molecule has 138 valence electrons. The first-order valence-corrected chi connectivity index (χ1v) is 9.37. The lowest BCUT2D eigenvalue weighted by molar-refractivity contribution is 0.0697. The average Bonchev–Trinajstić information content (AvgIpc) is 3.19. The maximum absolute atomic E-state index is 13.0. The Morgan fingerprint density at radius 1 is 1.11 bits per heavy atom. The molecule has 27 heavy (non-hydrogen) atoms. The zero-order valence-electron chi connectivity index (χ0n) is 15.7. The topological polar surface area (TPSA) is 59.2 Å². The average molecular weight is 361 g/mol. The van der Waals surface area contributed by atoms with Crippen LogP contribution in [0, 0.1) is 13.8 Å². The quantitative estimate of drug-likeness (QED) is 0.695. The van der Waals surface area contributed by atoms with Gasteiger partial charge < -0.3 is 9.32 Å². The van der Waals surface area contributed by atoms with Gasteiger partial charge in [0.25, 0.3) is 5.91 Å². The third-order valence-corrected chi connectivity index (χ3v) is 5.13. The number of nitrogens with zero attached hydrogens (tertiary/aromatic N) is 3. The van der Waals surface area contributed by atoms with Crippen molar-refractivity contribution in [2.45, 2.75) is 32.6 Å². The fourth-order valence-corrected chi connectivity index (χ4v) is 3.68. The molecule has 0 unspecified atom stereocenters. The summed E-state index contributed by atoms with van der Waals surface area (Å²) in [6, 6.07) is 15.7. The van der Waals surface area contributed by atoms with Crippen LogP contribution in [0.1, 0.15) is 46.1 Å². The van der Waals surface area contributed by atoms with Gasteiger partial charge in [-0.1, -0.05) is 35.9 Å². The van der Waals surface area contributed by atoms with Crippen LogP contribution < -0.4 is 0 Å². The Morgan fingerprint density at radius 3 is 2.70 bits per heavy atom. The first-order chi connectivity index (χ1) is 13.1. The summed E-state index contributed by atoms with van der Waals surface area (Å²) in [7, 11) is 0. The molecule has 0 saturated carbocycles. The molecule has 1 amide bonds. The molecule has 2 heterocycles. The first-order valence-electron chi connectivity index (χ1n) is 9.37. The normalized spacial score (nSPS) is 17.1. The van der Waals surface area contributed by atoms with Crippen molar-refractivity contribution >= 4 is 5.91 Å².